The van der Waals surface area contributed by atoms with Gasteiger partial charge in [-0.2, -0.15) is 15.1 Å². The summed E-state index contributed by atoms with van der Waals surface area (Å²) in [6.07, 6.45) is 1.37. The van der Waals surface area contributed by atoms with E-state index in [1.807, 2.05) is 24.8 Å². The molecule has 3 aromatic heterocycles. The minimum atomic E-state index is -0.804. The number of aromatic amines is 1. The Kier molecular flexibility index (Phi) is 7.25. The SMILES string of the molecule is Cc1cc(C)c(CNC(=O)c2nc(OCCN3CC[C@@H](F)C3)nc(-c3ccnn3C)c2C)c(=O)[nH]1. The summed E-state index contributed by atoms with van der Waals surface area (Å²) in [7, 11) is 1.78. The number of halogens is 1. The number of aryl methyl sites for hydroxylation is 3. The molecule has 1 fully saturated rings. The standard InChI is InChI=1S/C24H30FN7O3/c1-14-11-15(2)28-22(33)18(14)12-26-23(34)21-16(3)20(19-5-7-27-31(19)4)29-24(30-21)35-10-9-32-8-6-17(25)13-32/h5,7,11,17H,6,8-10,12-13H2,1-4H3,(H,26,34)(H,28,33)/t17-/m1/s1. The quantitative estimate of drug-likeness (QED) is 0.502. The van der Waals surface area contributed by atoms with E-state index in [4.69, 9.17) is 4.74 Å². The molecule has 1 aliphatic rings. The molecule has 0 spiro atoms. The Bertz CT molecular complexity index is 1290. The highest BCUT2D eigenvalue weighted by atomic mass is 19.1. The summed E-state index contributed by atoms with van der Waals surface area (Å²) in [5, 5.41) is 7.00. The second-order valence-corrected chi connectivity index (χ2v) is 8.83. The van der Waals surface area contributed by atoms with Gasteiger partial charge in [0, 0.05) is 56.2 Å². The lowest BCUT2D eigenvalue weighted by atomic mass is 10.1. The first-order valence-corrected chi connectivity index (χ1v) is 11.6. The molecule has 1 atom stereocenters. The van der Waals surface area contributed by atoms with Crippen molar-refractivity contribution in [2.24, 2.45) is 7.05 Å². The van der Waals surface area contributed by atoms with Gasteiger partial charge in [-0.3, -0.25) is 19.2 Å². The Balaban J connectivity index is 1.57. The zero-order valence-corrected chi connectivity index (χ0v) is 20.4. The van der Waals surface area contributed by atoms with E-state index < -0.39 is 12.1 Å². The number of nitrogens with zero attached hydrogens (tertiary/aromatic N) is 5. The van der Waals surface area contributed by atoms with Crippen molar-refractivity contribution in [2.75, 3.05) is 26.2 Å². The molecule has 0 aliphatic carbocycles. The number of carbonyl (C=O) groups excluding carboxylic acids is 1. The monoisotopic (exact) mass is 483 g/mol. The summed E-state index contributed by atoms with van der Waals surface area (Å²) in [4.78, 5) is 39.1. The van der Waals surface area contributed by atoms with Gasteiger partial charge in [-0.15, -0.1) is 0 Å². The van der Waals surface area contributed by atoms with Crippen LogP contribution in [0.25, 0.3) is 11.4 Å². The zero-order valence-electron chi connectivity index (χ0n) is 20.4. The van der Waals surface area contributed by atoms with Crippen LogP contribution in [-0.2, 0) is 13.6 Å². The fourth-order valence-electron chi connectivity index (χ4n) is 4.25. The molecule has 11 heteroatoms. The van der Waals surface area contributed by atoms with Crippen LogP contribution < -0.4 is 15.6 Å². The van der Waals surface area contributed by atoms with Gasteiger partial charge in [-0.25, -0.2) is 4.39 Å². The van der Waals surface area contributed by atoms with Crippen LogP contribution in [0, 0.1) is 20.8 Å². The van der Waals surface area contributed by atoms with Crippen molar-refractivity contribution in [3.63, 3.8) is 0 Å². The number of aromatic nitrogens is 5. The lowest BCUT2D eigenvalue weighted by molar-refractivity contribution is 0.0943. The van der Waals surface area contributed by atoms with Crippen LogP contribution >= 0.6 is 0 Å². The third-order valence-electron chi connectivity index (χ3n) is 6.18. The topological polar surface area (TPSA) is 118 Å². The number of H-pyrrole nitrogens is 1. The fraction of sp³-hybridized carbons (Fsp3) is 0.458. The van der Waals surface area contributed by atoms with Gasteiger partial charge in [0.25, 0.3) is 11.5 Å². The average Bonchev–Trinajstić information content (AvgIpc) is 3.41. The van der Waals surface area contributed by atoms with Gasteiger partial charge < -0.3 is 15.0 Å². The smallest absolute Gasteiger partial charge is 0.317 e. The number of rotatable bonds is 8. The van der Waals surface area contributed by atoms with Crippen molar-refractivity contribution in [1.82, 2.24) is 34.9 Å². The van der Waals surface area contributed by atoms with Crippen molar-refractivity contribution in [1.29, 1.82) is 0 Å². The molecule has 35 heavy (non-hydrogen) atoms. The molecule has 0 aromatic carbocycles. The van der Waals surface area contributed by atoms with E-state index in [-0.39, 0.29) is 30.4 Å². The summed E-state index contributed by atoms with van der Waals surface area (Å²) < 4.78 is 20.9. The Morgan fingerprint density at radius 3 is 2.77 bits per heavy atom. The third kappa shape index (κ3) is 5.56. The average molecular weight is 484 g/mol. The molecule has 3 aromatic rings. The predicted molar refractivity (Wildman–Crippen MR) is 128 cm³/mol. The summed E-state index contributed by atoms with van der Waals surface area (Å²) >= 11 is 0. The minimum absolute atomic E-state index is 0.0531. The lowest BCUT2D eigenvalue weighted by Crippen LogP contribution is -2.30. The van der Waals surface area contributed by atoms with Gasteiger partial charge >= 0.3 is 6.01 Å². The van der Waals surface area contributed by atoms with E-state index in [0.29, 0.717) is 48.6 Å². The van der Waals surface area contributed by atoms with E-state index in [1.165, 1.54) is 0 Å². The second-order valence-electron chi connectivity index (χ2n) is 8.83. The van der Waals surface area contributed by atoms with E-state index in [2.05, 4.69) is 25.4 Å². The molecule has 0 radical (unpaired) electrons. The fourth-order valence-corrected chi connectivity index (χ4v) is 4.25. The molecular weight excluding hydrogens is 453 g/mol. The van der Waals surface area contributed by atoms with Crippen molar-refractivity contribution in [2.45, 2.75) is 39.9 Å². The number of pyridine rings is 1. The Hall–Kier alpha value is -3.60. The second kappa shape index (κ2) is 10.3. The van der Waals surface area contributed by atoms with Crippen LogP contribution in [0.4, 0.5) is 4.39 Å². The molecule has 0 saturated carbocycles. The maximum atomic E-state index is 13.4. The Labute approximate surface area is 202 Å². The van der Waals surface area contributed by atoms with E-state index >= 15 is 0 Å². The van der Waals surface area contributed by atoms with Crippen LogP contribution in [0.5, 0.6) is 6.01 Å². The van der Waals surface area contributed by atoms with Crippen molar-refractivity contribution >= 4 is 5.91 Å². The van der Waals surface area contributed by atoms with E-state index in [0.717, 1.165) is 11.3 Å². The number of hydrogen-bond donors (Lipinski definition) is 2. The van der Waals surface area contributed by atoms with Crippen LogP contribution in [0.1, 0.15) is 39.3 Å². The molecule has 4 heterocycles. The molecule has 186 valence electrons. The first-order valence-electron chi connectivity index (χ1n) is 11.6. The van der Waals surface area contributed by atoms with Crippen molar-refractivity contribution < 1.29 is 13.9 Å². The summed E-state index contributed by atoms with van der Waals surface area (Å²) in [6, 6.07) is 3.70. The van der Waals surface area contributed by atoms with Crippen molar-refractivity contribution in [3.8, 4) is 17.4 Å². The number of ether oxygens (including phenoxy) is 1. The molecule has 2 N–H and O–H groups in total. The number of amides is 1. The minimum Gasteiger partial charge on any atom is -0.462 e. The molecule has 0 unspecified atom stereocenters. The summed E-state index contributed by atoms with van der Waals surface area (Å²) in [5.74, 6) is -0.447. The highest BCUT2D eigenvalue weighted by Gasteiger charge is 2.23. The van der Waals surface area contributed by atoms with E-state index in [1.54, 1.807) is 30.9 Å². The van der Waals surface area contributed by atoms with Crippen molar-refractivity contribution in [3.05, 3.63) is 56.8 Å². The highest BCUT2D eigenvalue weighted by molar-refractivity contribution is 5.95. The normalized spacial score (nSPS) is 16.0. The van der Waals surface area contributed by atoms with Gasteiger partial charge in [0.2, 0.25) is 0 Å². The molecule has 0 bridgehead atoms. The number of hydrogen-bond acceptors (Lipinski definition) is 7. The first-order chi connectivity index (χ1) is 16.7. The molecule has 1 saturated heterocycles. The largest absolute Gasteiger partial charge is 0.462 e. The van der Waals surface area contributed by atoms with Crippen LogP contribution in [0.3, 0.4) is 0 Å². The summed E-state index contributed by atoms with van der Waals surface area (Å²) in [5.41, 5.74) is 3.74. The van der Waals surface area contributed by atoms with E-state index in [9.17, 15) is 14.0 Å². The number of nitrogens with one attached hydrogen (secondary N) is 2. The first kappa shape index (κ1) is 24.5. The highest BCUT2D eigenvalue weighted by Crippen LogP contribution is 2.25. The zero-order chi connectivity index (χ0) is 25.1. The number of likely N-dealkylation sites (tertiary alicyclic amines) is 1. The molecule has 4 rings (SSSR count). The molecule has 1 aliphatic heterocycles. The van der Waals surface area contributed by atoms with Gasteiger partial charge in [0.15, 0.2) is 0 Å². The summed E-state index contributed by atoms with van der Waals surface area (Å²) in [6.45, 7) is 7.33. The third-order valence-corrected chi connectivity index (χ3v) is 6.18. The van der Waals surface area contributed by atoms with Crippen LogP contribution in [0.2, 0.25) is 0 Å². The van der Waals surface area contributed by atoms with Gasteiger partial charge in [-0.1, -0.05) is 0 Å². The lowest BCUT2D eigenvalue weighted by Gasteiger charge is -2.16. The maximum absolute atomic E-state index is 13.4. The van der Waals surface area contributed by atoms with Gasteiger partial charge in [0.1, 0.15) is 18.5 Å². The Morgan fingerprint density at radius 2 is 2.11 bits per heavy atom. The van der Waals surface area contributed by atoms with Crippen LogP contribution in [-0.4, -0.2) is 68.0 Å². The number of carbonyl (C=O) groups is 1. The van der Waals surface area contributed by atoms with Gasteiger partial charge in [0.05, 0.1) is 11.4 Å². The van der Waals surface area contributed by atoms with Gasteiger partial charge in [-0.05, 0) is 44.9 Å². The molecular formula is C24H30FN7O3. The number of alkyl halides is 1. The maximum Gasteiger partial charge on any atom is 0.317 e. The molecule has 1 amide bonds. The predicted octanol–water partition coefficient (Wildman–Crippen LogP) is 1.84. The Morgan fingerprint density at radius 1 is 1.31 bits per heavy atom. The van der Waals surface area contributed by atoms with Crippen LogP contribution in [0.15, 0.2) is 23.1 Å². The molecule has 10 nitrogen and oxygen atoms in total.